The number of amides is 1. The maximum absolute atomic E-state index is 13.2. The third-order valence-corrected chi connectivity index (χ3v) is 6.55. The SMILES string of the molecule is CSc1ccc(C(=O)c2ccccc2C(=O)OCC(=O)N2CCCc3ccccc32)cc1[N+](=O)[O-]. The van der Waals surface area contributed by atoms with Gasteiger partial charge in [0.05, 0.1) is 15.4 Å². The molecule has 1 aliphatic heterocycles. The summed E-state index contributed by atoms with van der Waals surface area (Å²) in [6.45, 7) is 0.0663. The lowest BCUT2D eigenvalue weighted by Gasteiger charge is -2.29. The smallest absolute Gasteiger partial charge is 0.339 e. The van der Waals surface area contributed by atoms with Gasteiger partial charge in [-0.15, -0.1) is 11.8 Å². The summed E-state index contributed by atoms with van der Waals surface area (Å²) >= 11 is 1.20. The van der Waals surface area contributed by atoms with Crippen molar-refractivity contribution in [2.75, 3.05) is 24.3 Å². The Morgan fingerprint density at radius 2 is 1.74 bits per heavy atom. The van der Waals surface area contributed by atoms with Crippen LogP contribution in [0.4, 0.5) is 11.4 Å². The molecule has 0 saturated heterocycles. The molecular weight excluding hydrogens is 468 g/mol. The van der Waals surface area contributed by atoms with Gasteiger partial charge in [-0.1, -0.05) is 36.4 Å². The third-order valence-electron chi connectivity index (χ3n) is 5.77. The lowest BCUT2D eigenvalue weighted by atomic mass is 9.98. The molecule has 0 unspecified atom stereocenters. The van der Waals surface area contributed by atoms with Gasteiger partial charge in [-0.2, -0.15) is 0 Å². The average molecular weight is 491 g/mol. The Labute approximate surface area is 206 Å². The maximum Gasteiger partial charge on any atom is 0.339 e. The van der Waals surface area contributed by atoms with E-state index in [-0.39, 0.29) is 28.3 Å². The highest BCUT2D eigenvalue weighted by Crippen LogP contribution is 2.30. The van der Waals surface area contributed by atoms with Crippen molar-refractivity contribution in [1.29, 1.82) is 0 Å². The zero-order chi connectivity index (χ0) is 24.9. The van der Waals surface area contributed by atoms with Gasteiger partial charge in [0.25, 0.3) is 11.6 Å². The first-order valence-corrected chi connectivity index (χ1v) is 12.1. The van der Waals surface area contributed by atoms with E-state index < -0.39 is 23.3 Å². The number of esters is 1. The zero-order valence-electron chi connectivity index (χ0n) is 18.9. The van der Waals surface area contributed by atoms with Crippen molar-refractivity contribution < 1.29 is 24.0 Å². The van der Waals surface area contributed by atoms with E-state index in [1.54, 1.807) is 23.3 Å². The molecule has 0 bridgehead atoms. The molecule has 0 aliphatic carbocycles. The van der Waals surface area contributed by atoms with Crippen LogP contribution in [0.1, 0.15) is 38.3 Å². The quantitative estimate of drug-likeness (QED) is 0.156. The van der Waals surface area contributed by atoms with E-state index in [1.807, 2.05) is 24.3 Å². The van der Waals surface area contributed by atoms with Gasteiger partial charge < -0.3 is 9.64 Å². The topological polar surface area (TPSA) is 107 Å². The fourth-order valence-corrected chi connectivity index (χ4v) is 4.61. The van der Waals surface area contributed by atoms with Crippen molar-refractivity contribution in [2.24, 2.45) is 0 Å². The van der Waals surface area contributed by atoms with E-state index in [4.69, 9.17) is 4.74 Å². The van der Waals surface area contributed by atoms with Crippen molar-refractivity contribution in [2.45, 2.75) is 17.7 Å². The van der Waals surface area contributed by atoms with Gasteiger partial charge in [-0.05, 0) is 48.9 Å². The number of ether oxygens (including phenoxy) is 1. The Morgan fingerprint density at radius 3 is 2.49 bits per heavy atom. The molecule has 1 amide bonds. The van der Waals surface area contributed by atoms with Crippen LogP contribution in [0.25, 0.3) is 0 Å². The lowest BCUT2D eigenvalue weighted by Crippen LogP contribution is -2.38. The molecule has 0 atom stereocenters. The molecule has 0 N–H and O–H groups in total. The second kappa shape index (κ2) is 10.5. The molecule has 8 nitrogen and oxygen atoms in total. The number of nitrogens with zero attached hydrogens (tertiary/aromatic N) is 2. The number of aryl methyl sites for hydroxylation is 1. The van der Waals surface area contributed by atoms with Crippen molar-refractivity contribution >= 4 is 40.8 Å². The molecule has 35 heavy (non-hydrogen) atoms. The summed E-state index contributed by atoms with van der Waals surface area (Å²) < 4.78 is 5.29. The van der Waals surface area contributed by atoms with Crippen LogP contribution >= 0.6 is 11.8 Å². The number of nitro benzene ring substituents is 1. The number of thioether (sulfide) groups is 1. The van der Waals surface area contributed by atoms with Gasteiger partial charge in [-0.3, -0.25) is 19.7 Å². The minimum atomic E-state index is -0.817. The van der Waals surface area contributed by atoms with Crippen LogP contribution in [0.3, 0.4) is 0 Å². The summed E-state index contributed by atoms with van der Waals surface area (Å²) in [6, 6.07) is 17.9. The van der Waals surface area contributed by atoms with Crippen LogP contribution in [-0.4, -0.2) is 42.0 Å². The number of ketones is 1. The number of hydrogen-bond donors (Lipinski definition) is 0. The van der Waals surface area contributed by atoms with Gasteiger partial charge in [0, 0.05) is 29.4 Å². The first-order chi connectivity index (χ1) is 16.9. The first kappa shape index (κ1) is 24.2. The molecule has 1 aliphatic rings. The number of nitro groups is 1. The van der Waals surface area contributed by atoms with Crippen LogP contribution in [0.15, 0.2) is 71.6 Å². The number of fused-ring (bicyclic) bond motifs is 1. The van der Waals surface area contributed by atoms with E-state index >= 15 is 0 Å². The average Bonchev–Trinajstić information content (AvgIpc) is 2.90. The van der Waals surface area contributed by atoms with E-state index in [9.17, 15) is 24.5 Å². The van der Waals surface area contributed by atoms with Crippen molar-refractivity contribution in [3.05, 3.63) is 99.1 Å². The number of para-hydroxylation sites is 1. The molecule has 3 aromatic carbocycles. The summed E-state index contributed by atoms with van der Waals surface area (Å²) in [5.74, 6) is -1.72. The Hall–Kier alpha value is -3.98. The molecule has 1 heterocycles. The summed E-state index contributed by atoms with van der Waals surface area (Å²) in [7, 11) is 0. The highest BCUT2D eigenvalue weighted by Gasteiger charge is 2.25. The predicted octanol–water partition coefficient (Wildman–Crippen LogP) is 4.68. The Kier molecular flexibility index (Phi) is 7.26. The number of anilines is 1. The highest BCUT2D eigenvalue weighted by molar-refractivity contribution is 7.98. The van der Waals surface area contributed by atoms with Crippen molar-refractivity contribution in [1.82, 2.24) is 0 Å². The predicted molar refractivity (Wildman–Crippen MR) is 132 cm³/mol. The lowest BCUT2D eigenvalue weighted by molar-refractivity contribution is -0.387. The number of rotatable bonds is 7. The van der Waals surface area contributed by atoms with Crippen LogP contribution < -0.4 is 4.90 Å². The monoisotopic (exact) mass is 490 g/mol. The largest absolute Gasteiger partial charge is 0.452 e. The molecule has 0 spiro atoms. The fraction of sp³-hybridized carbons (Fsp3) is 0.192. The summed E-state index contributed by atoms with van der Waals surface area (Å²) in [5.41, 5.74) is 1.80. The number of benzene rings is 3. The second-order valence-corrected chi connectivity index (χ2v) is 8.72. The van der Waals surface area contributed by atoms with Gasteiger partial charge >= 0.3 is 5.97 Å². The first-order valence-electron chi connectivity index (χ1n) is 10.9. The summed E-state index contributed by atoms with van der Waals surface area (Å²) in [4.78, 5) is 51.7. The van der Waals surface area contributed by atoms with Gasteiger partial charge in [0.2, 0.25) is 0 Å². The van der Waals surface area contributed by atoms with Crippen LogP contribution in [0, 0.1) is 10.1 Å². The minimum absolute atomic E-state index is 0.0130. The van der Waals surface area contributed by atoms with Gasteiger partial charge in [0.15, 0.2) is 12.4 Å². The molecule has 0 aromatic heterocycles. The van der Waals surface area contributed by atoms with Gasteiger partial charge in [-0.25, -0.2) is 4.79 Å². The third kappa shape index (κ3) is 5.09. The van der Waals surface area contributed by atoms with Crippen LogP contribution in [0.2, 0.25) is 0 Å². The minimum Gasteiger partial charge on any atom is -0.452 e. The van der Waals surface area contributed by atoms with Crippen LogP contribution in [-0.2, 0) is 16.0 Å². The summed E-state index contributed by atoms with van der Waals surface area (Å²) in [5, 5.41) is 11.4. The molecule has 4 rings (SSSR count). The number of carbonyl (C=O) groups is 3. The second-order valence-electron chi connectivity index (χ2n) is 7.87. The van der Waals surface area contributed by atoms with Crippen LogP contribution in [0.5, 0.6) is 0 Å². The Morgan fingerprint density at radius 1 is 1.03 bits per heavy atom. The van der Waals surface area contributed by atoms with E-state index in [2.05, 4.69) is 0 Å². The van der Waals surface area contributed by atoms with E-state index in [0.717, 1.165) is 24.1 Å². The van der Waals surface area contributed by atoms with E-state index in [1.165, 1.54) is 42.1 Å². The standard InChI is InChI=1S/C26H22N2O6S/c1-35-23-13-12-18(15-22(23)28(32)33)25(30)19-9-3-4-10-20(19)26(31)34-16-24(29)27-14-6-8-17-7-2-5-11-21(17)27/h2-5,7,9-13,15H,6,8,14,16H2,1H3. The molecule has 178 valence electrons. The number of hydrogen-bond acceptors (Lipinski definition) is 7. The summed E-state index contributed by atoms with van der Waals surface area (Å²) in [6.07, 6.45) is 3.40. The molecule has 3 aromatic rings. The Balaban J connectivity index is 1.52. The Bertz CT molecular complexity index is 1320. The van der Waals surface area contributed by atoms with E-state index in [0.29, 0.717) is 11.4 Å². The highest BCUT2D eigenvalue weighted by atomic mass is 32.2. The maximum atomic E-state index is 13.2. The van der Waals surface area contributed by atoms with Gasteiger partial charge in [0.1, 0.15) is 0 Å². The molecule has 0 saturated carbocycles. The molecule has 9 heteroatoms. The molecule has 0 radical (unpaired) electrons. The fourth-order valence-electron chi connectivity index (χ4n) is 4.06. The normalized spacial score (nSPS) is 12.5. The number of carbonyl (C=O) groups excluding carboxylic acids is 3. The zero-order valence-corrected chi connectivity index (χ0v) is 19.7. The molecule has 0 fully saturated rings. The van der Waals surface area contributed by atoms with Crippen molar-refractivity contribution in [3.8, 4) is 0 Å². The van der Waals surface area contributed by atoms with Crippen molar-refractivity contribution in [3.63, 3.8) is 0 Å². The molecular formula is C26H22N2O6S.